The van der Waals surface area contributed by atoms with Gasteiger partial charge in [0.05, 0.1) is 22.5 Å². The van der Waals surface area contributed by atoms with Crippen LogP contribution in [0, 0.1) is 0 Å². The van der Waals surface area contributed by atoms with Gasteiger partial charge in [-0.15, -0.1) is 0 Å². The second-order valence-electron chi connectivity index (χ2n) is 5.37. The summed E-state index contributed by atoms with van der Waals surface area (Å²) < 4.78 is 51.7. The van der Waals surface area contributed by atoms with E-state index in [0.29, 0.717) is 21.9 Å². The van der Waals surface area contributed by atoms with Gasteiger partial charge >= 0.3 is 6.43 Å². The minimum atomic E-state index is -2.82. The maximum Gasteiger partial charge on any atom is 0.315 e. The summed E-state index contributed by atoms with van der Waals surface area (Å²) in [6.45, 7) is 0. The molecule has 0 fully saturated rings. The summed E-state index contributed by atoms with van der Waals surface area (Å²) in [5.41, 5.74) is 0.973. The highest BCUT2D eigenvalue weighted by molar-refractivity contribution is 7.93. The van der Waals surface area contributed by atoms with Gasteiger partial charge < -0.3 is 9.26 Å². The van der Waals surface area contributed by atoms with E-state index in [-0.39, 0.29) is 5.82 Å². The van der Waals surface area contributed by atoms with Gasteiger partial charge in [0, 0.05) is 16.7 Å². The molecule has 26 heavy (non-hydrogen) atoms. The Kier molecular flexibility index (Phi) is 4.99. The van der Waals surface area contributed by atoms with Crippen molar-refractivity contribution >= 4 is 15.4 Å². The zero-order valence-corrected chi connectivity index (χ0v) is 14.7. The lowest BCUT2D eigenvalue weighted by Gasteiger charge is -2.06. The van der Waals surface area contributed by atoms with Crippen LogP contribution in [0.15, 0.2) is 62.3 Å². The highest BCUT2D eigenvalue weighted by Gasteiger charge is 2.17. The molecule has 0 aliphatic heterocycles. The summed E-state index contributed by atoms with van der Waals surface area (Å²) in [5, 5.41) is 3.51. The first-order valence-electron chi connectivity index (χ1n) is 7.47. The van der Waals surface area contributed by atoms with Gasteiger partial charge in [0.25, 0.3) is 5.89 Å². The lowest BCUT2D eigenvalue weighted by Crippen LogP contribution is -1.97. The Morgan fingerprint density at radius 2 is 1.77 bits per heavy atom. The number of ether oxygens (including phenoxy) is 1. The van der Waals surface area contributed by atoms with Crippen molar-refractivity contribution in [1.29, 1.82) is 0 Å². The largest absolute Gasteiger partial charge is 0.497 e. The zero-order valence-electron chi connectivity index (χ0n) is 13.9. The van der Waals surface area contributed by atoms with Crippen LogP contribution in [0.3, 0.4) is 0 Å². The molecule has 1 unspecified atom stereocenters. The van der Waals surface area contributed by atoms with Crippen LogP contribution in [0.25, 0.3) is 11.4 Å². The van der Waals surface area contributed by atoms with Crippen LogP contribution in [0.1, 0.15) is 12.3 Å². The Balaban J connectivity index is 1.87. The first-order chi connectivity index (χ1) is 12.4. The van der Waals surface area contributed by atoms with Crippen molar-refractivity contribution in [3.05, 3.63) is 54.4 Å². The van der Waals surface area contributed by atoms with Crippen molar-refractivity contribution < 1.29 is 22.2 Å². The molecular weight excluding hydrogens is 364 g/mol. The van der Waals surface area contributed by atoms with E-state index in [4.69, 9.17) is 4.74 Å². The third-order valence-electron chi connectivity index (χ3n) is 3.53. The molecule has 3 rings (SSSR count). The van der Waals surface area contributed by atoms with Crippen LogP contribution < -0.4 is 4.74 Å². The normalized spacial score (nSPS) is 13.4. The Morgan fingerprint density at radius 1 is 1.12 bits per heavy atom. The van der Waals surface area contributed by atoms with Crippen LogP contribution in [0.2, 0.25) is 0 Å². The molecule has 2 aromatic carbocycles. The quantitative estimate of drug-likeness (QED) is 0.654. The van der Waals surface area contributed by atoms with E-state index in [1.165, 1.54) is 6.26 Å². The fourth-order valence-electron chi connectivity index (χ4n) is 2.19. The molecule has 1 atom stereocenters. The maximum absolute atomic E-state index is 12.9. The van der Waals surface area contributed by atoms with Crippen LogP contribution in [0.4, 0.5) is 14.5 Å². The summed E-state index contributed by atoms with van der Waals surface area (Å²) in [6.07, 6.45) is -1.28. The maximum atomic E-state index is 12.9. The highest BCUT2D eigenvalue weighted by atomic mass is 32.2. The van der Waals surface area contributed by atoms with Crippen LogP contribution in [0.5, 0.6) is 5.75 Å². The minimum absolute atomic E-state index is 0.0548. The highest BCUT2D eigenvalue weighted by Crippen LogP contribution is 2.25. The fraction of sp³-hybridized carbons (Fsp3) is 0.176. The third kappa shape index (κ3) is 3.88. The molecule has 0 saturated heterocycles. The SMILES string of the molecule is COc1ccc(S(C)(=O)=Nc2ccc(-c3noc(C(F)F)n3)cc2)cc1. The van der Waals surface area contributed by atoms with Gasteiger partial charge in [0.2, 0.25) is 5.82 Å². The number of nitrogens with zero attached hydrogens (tertiary/aromatic N) is 3. The number of methoxy groups -OCH3 is 1. The topological polar surface area (TPSA) is 77.6 Å². The van der Waals surface area contributed by atoms with Gasteiger partial charge in [-0.25, -0.2) is 4.21 Å². The molecule has 0 aliphatic carbocycles. The average Bonchev–Trinajstić information content (AvgIpc) is 3.12. The molecule has 0 saturated carbocycles. The average molecular weight is 379 g/mol. The van der Waals surface area contributed by atoms with Gasteiger partial charge in [-0.05, 0) is 48.5 Å². The van der Waals surface area contributed by atoms with Crippen LogP contribution in [-0.4, -0.2) is 27.7 Å². The van der Waals surface area contributed by atoms with E-state index in [2.05, 4.69) is 19.0 Å². The first-order valence-corrected chi connectivity index (χ1v) is 9.40. The van der Waals surface area contributed by atoms with Gasteiger partial charge in [-0.3, -0.25) is 0 Å². The molecule has 0 bridgehead atoms. The standard InChI is InChI=1S/C17H15F2N3O3S/c1-24-13-7-9-14(10-8-13)26(2,23)22-12-5-3-11(4-6-12)16-20-17(15(18)19)25-21-16/h3-10,15H,1-2H3. The minimum Gasteiger partial charge on any atom is -0.497 e. The summed E-state index contributed by atoms with van der Waals surface area (Å²) in [5.74, 6) is -0.0133. The van der Waals surface area contributed by atoms with E-state index in [1.54, 1.807) is 55.6 Å². The number of hydrogen-bond donors (Lipinski definition) is 0. The monoisotopic (exact) mass is 379 g/mol. The van der Waals surface area contributed by atoms with Crippen molar-refractivity contribution in [2.45, 2.75) is 11.3 Å². The predicted octanol–water partition coefficient (Wildman–Crippen LogP) is 4.47. The van der Waals surface area contributed by atoms with Gasteiger partial charge in [0.15, 0.2) is 0 Å². The van der Waals surface area contributed by atoms with Gasteiger partial charge in [-0.1, -0.05) is 5.16 Å². The molecule has 136 valence electrons. The van der Waals surface area contributed by atoms with Crippen molar-refractivity contribution in [3.63, 3.8) is 0 Å². The molecule has 1 aromatic heterocycles. The molecule has 0 N–H and O–H groups in total. The lowest BCUT2D eigenvalue weighted by atomic mass is 10.2. The van der Waals surface area contributed by atoms with Crippen molar-refractivity contribution in [3.8, 4) is 17.1 Å². The number of rotatable bonds is 5. The van der Waals surface area contributed by atoms with Crippen molar-refractivity contribution in [2.75, 3.05) is 13.4 Å². The Hall–Kier alpha value is -2.81. The number of hydrogen-bond acceptors (Lipinski definition) is 6. The molecule has 0 amide bonds. The molecule has 3 aromatic rings. The Morgan fingerprint density at radius 3 is 2.31 bits per heavy atom. The van der Waals surface area contributed by atoms with Crippen LogP contribution >= 0.6 is 0 Å². The van der Waals surface area contributed by atoms with E-state index >= 15 is 0 Å². The lowest BCUT2D eigenvalue weighted by molar-refractivity contribution is 0.106. The van der Waals surface area contributed by atoms with Gasteiger partial charge in [0.1, 0.15) is 5.75 Å². The Bertz CT molecular complexity index is 1010. The number of alkyl halides is 2. The van der Waals surface area contributed by atoms with E-state index in [1.807, 2.05) is 0 Å². The van der Waals surface area contributed by atoms with Crippen molar-refractivity contribution in [2.24, 2.45) is 4.36 Å². The smallest absolute Gasteiger partial charge is 0.315 e. The second-order valence-corrected chi connectivity index (χ2v) is 7.63. The van der Waals surface area contributed by atoms with E-state index in [9.17, 15) is 13.0 Å². The molecule has 0 aliphatic rings. The third-order valence-corrected chi connectivity index (χ3v) is 5.24. The van der Waals surface area contributed by atoms with E-state index < -0.39 is 22.0 Å². The molecule has 1 heterocycles. The van der Waals surface area contributed by atoms with E-state index in [0.717, 1.165) is 0 Å². The summed E-state index contributed by atoms with van der Waals surface area (Å²) in [4.78, 5) is 4.19. The predicted molar refractivity (Wildman–Crippen MR) is 92.1 cm³/mol. The molecule has 0 spiro atoms. The summed E-state index contributed by atoms with van der Waals surface area (Å²) in [7, 11) is -1.10. The molecule has 0 radical (unpaired) electrons. The van der Waals surface area contributed by atoms with Crippen LogP contribution in [-0.2, 0) is 9.73 Å². The Labute approximate surface area is 149 Å². The molecule has 6 nitrogen and oxygen atoms in total. The summed E-state index contributed by atoms with van der Waals surface area (Å²) in [6, 6.07) is 13.3. The van der Waals surface area contributed by atoms with Crippen molar-refractivity contribution in [1.82, 2.24) is 10.1 Å². The van der Waals surface area contributed by atoms with Gasteiger partial charge in [-0.2, -0.15) is 18.1 Å². The second kappa shape index (κ2) is 7.20. The zero-order chi connectivity index (χ0) is 18.7. The molecular formula is C17H15F2N3O3S. The fourth-order valence-corrected chi connectivity index (χ4v) is 3.47. The number of halogens is 2. The number of benzene rings is 2. The molecule has 9 heteroatoms. The number of aromatic nitrogens is 2. The summed E-state index contributed by atoms with van der Waals surface area (Å²) >= 11 is 0. The first kappa shape index (κ1) is 18.0.